The van der Waals surface area contributed by atoms with E-state index in [0.717, 1.165) is 10.1 Å². The van der Waals surface area contributed by atoms with Gasteiger partial charge >= 0.3 is 5.69 Å². The van der Waals surface area contributed by atoms with Crippen LogP contribution in [0.2, 0.25) is 0 Å². The lowest BCUT2D eigenvalue weighted by molar-refractivity contribution is -0.121. The van der Waals surface area contributed by atoms with Gasteiger partial charge in [0.25, 0.3) is 5.56 Å². The summed E-state index contributed by atoms with van der Waals surface area (Å²) < 4.78 is 18.0. The summed E-state index contributed by atoms with van der Waals surface area (Å²) in [5, 5.41) is 6.69. The van der Waals surface area contributed by atoms with E-state index in [4.69, 9.17) is 14.0 Å². The molecule has 0 unspecified atom stereocenters. The Kier molecular flexibility index (Phi) is 5.13. The van der Waals surface area contributed by atoms with Crippen LogP contribution < -0.4 is 26.0 Å². The van der Waals surface area contributed by atoms with Gasteiger partial charge in [0.15, 0.2) is 17.3 Å². The molecule has 1 amide bonds. The minimum absolute atomic E-state index is 0.00288. The quantitative estimate of drug-likeness (QED) is 0.460. The van der Waals surface area contributed by atoms with Crippen LogP contribution in [0.3, 0.4) is 0 Å². The molecule has 0 saturated carbocycles. The monoisotopic (exact) mass is 449 g/mol. The van der Waals surface area contributed by atoms with Gasteiger partial charge in [-0.1, -0.05) is 35.5 Å². The van der Waals surface area contributed by atoms with Gasteiger partial charge < -0.3 is 19.3 Å². The molecule has 2 aromatic carbocycles. The Morgan fingerprint density at radius 2 is 1.85 bits per heavy atom. The Morgan fingerprint density at radius 1 is 1.09 bits per heavy atom. The van der Waals surface area contributed by atoms with E-state index in [1.165, 1.54) is 16.7 Å². The molecular formula is C22H19N5O6. The highest BCUT2D eigenvalue weighted by atomic mass is 16.7. The van der Waals surface area contributed by atoms with Gasteiger partial charge in [-0.15, -0.1) is 0 Å². The van der Waals surface area contributed by atoms with Crippen molar-refractivity contribution in [3.63, 3.8) is 0 Å². The molecular weight excluding hydrogens is 430 g/mol. The van der Waals surface area contributed by atoms with Crippen molar-refractivity contribution >= 4 is 16.8 Å². The zero-order chi connectivity index (χ0) is 22.9. The maximum atomic E-state index is 13.3. The number of nitrogens with zero attached hydrogens (tertiary/aromatic N) is 4. The zero-order valence-corrected chi connectivity index (χ0v) is 17.6. The molecule has 1 N–H and O–H groups in total. The number of carbonyl (C=O) groups excluding carboxylic acids is 1. The molecule has 5 rings (SSSR count). The van der Waals surface area contributed by atoms with E-state index in [2.05, 4.69) is 15.5 Å². The fourth-order valence-electron chi connectivity index (χ4n) is 3.63. The van der Waals surface area contributed by atoms with Crippen LogP contribution in [-0.2, 0) is 24.4 Å². The fraction of sp³-hybridized carbons (Fsp3) is 0.227. The molecule has 168 valence electrons. The zero-order valence-electron chi connectivity index (χ0n) is 17.6. The highest BCUT2D eigenvalue weighted by Gasteiger charge is 2.22. The number of amides is 1. The molecule has 2 aromatic heterocycles. The fourth-order valence-corrected chi connectivity index (χ4v) is 3.63. The molecule has 0 saturated heterocycles. The Bertz CT molecular complexity index is 1470. The van der Waals surface area contributed by atoms with Crippen LogP contribution in [0.4, 0.5) is 0 Å². The first kappa shape index (κ1) is 20.5. The Balaban J connectivity index is 1.56. The topological polar surface area (TPSA) is 130 Å². The van der Waals surface area contributed by atoms with E-state index >= 15 is 0 Å². The molecule has 0 bridgehead atoms. The second-order valence-electron chi connectivity index (χ2n) is 7.48. The minimum atomic E-state index is -0.683. The van der Waals surface area contributed by atoms with Crippen molar-refractivity contribution in [1.29, 1.82) is 0 Å². The van der Waals surface area contributed by atoms with Crippen LogP contribution in [0.5, 0.6) is 11.5 Å². The standard InChI is InChI=1S/C22H19N5O6/c1-13-24-20(33-25-13)11-27-21(29)15-7-17-18(32-12-31-17)8-16(15)26(22(27)30)10-19(28)23-9-14-5-3-2-4-6-14/h2-8H,9-12H2,1H3,(H,23,28). The molecule has 1 aliphatic rings. The van der Waals surface area contributed by atoms with Crippen molar-refractivity contribution in [3.05, 3.63) is 80.6 Å². The average Bonchev–Trinajstić information content (AvgIpc) is 3.46. The van der Waals surface area contributed by atoms with Crippen molar-refractivity contribution in [3.8, 4) is 11.5 Å². The number of carbonyl (C=O) groups is 1. The van der Waals surface area contributed by atoms with Crippen molar-refractivity contribution < 1.29 is 18.8 Å². The van der Waals surface area contributed by atoms with E-state index in [9.17, 15) is 14.4 Å². The van der Waals surface area contributed by atoms with Crippen molar-refractivity contribution in [2.75, 3.05) is 6.79 Å². The third-order valence-electron chi connectivity index (χ3n) is 5.22. The van der Waals surface area contributed by atoms with Gasteiger partial charge in [-0.2, -0.15) is 4.98 Å². The first-order valence-electron chi connectivity index (χ1n) is 10.2. The predicted molar refractivity (Wildman–Crippen MR) is 115 cm³/mol. The van der Waals surface area contributed by atoms with Crippen molar-refractivity contribution in [1.82, 2.24) is 24.6 Å². The molecule has 0 fully saturated rings. The summed E-state index contributed by atoms with van der Waals surface area (Å²) in [6.45, 7) is 1.41. The maximum Gasteiger partial charge on any atom is 0.332 e. The van der Waals surface area contributed by atoms with Gasteiger partial charge in [0.2, 0.25) is 18.6 Å². The number of hydrogen-bond acceptors (Lipinski definition) is 8. The van der Waals surface area contributed by atoms with E-state index in [0.29, 0.717) is 23.9 Å². The summed E-state index contributed by atoms with van der Waals surface area (Å²) >= 11 is 0. The molecule has 11 nitrogen and oxygen atoms in total. The van der Waals surface area contributed by atoms with Gasteiger partial charge in [-0.3, -0.25) is 18.7 Å². The summed E-state index contributed by atoms with van der Waals surface area (Å²) in [5.41, 5.74) is -0.0626. The lowest BCUT2D eigenvalue weighted by Gasteiger charge is -2.14. The van der Waals surface area contributed by atoms with E-state index in [-0.39, 0.29) is 36.7 Å². The molecule has 0 aliphatic carbocycles. The molecule has 0 atom stereocenters. The third-order valence-corrected chi connectivity index (χ3v) is 5.22. The lowest BCUT2D eigenvalue weighted by Crippen LogP contribution is -2.42. The number of aryl methyl sites for hydroxylation is 1. The van der Waals surface area contributed by atoms with Gasteiger partial charge in [0.05, 0.1) is 10.9 Å². The van der Waals surface area contributed by atoms with Crippen molar-refractivity contribution in [2.24, 2.45) is 0 Å². The normalized spacial score (nSPS) is 12.3. The number of nitrogens with one attached hydrogen (secondary N) is 1. The number of fused-ring (bicyclic) bond motifs is 2. The average molecular weight is 449 g/mol. The molecule has 1 aliphatic heterocycles. The second kappa shape index (κ2) is 8.26. The van der Waals surface area contributed by atoms with Crippen LogP contribution in [0.1, 0.15) is 17.3 Å². The lowest BCUT2D eigenvalue weighted by atomic mass is 10.2. The van der Waals surface area contributed by atoms with Crippen molar-refractivity contribution in [2.45, 2.75) is 26.6 Å². The highest BCUT2D eigenvalue weighted by Crippen LogP contribution is 2.34. The van der Waals surface area contributed by atoms with Crippen LogP contribution in [0.15, 0.2) is 56.6 Å². The number of benzene rings is 2. The molecule has 3 heterocycles. The van der Waals surface area contributed by atoms with Crippen LogP contribution >= 0.6 is 0 Å². The molecule has 0 radical (unpaired) electrons. The van der Waals surface area contributed by atoms with Crippen LogP contribution in [-0.4, -0.2) is 32.0 Å². The first-order valence-corrected chi connectivity index (χ1v) is 10.2. The summed E-state index contributed by atoms with van der Waals surface area (Å²) in [6, 6.07) is 12.4. The maximum absolute atomic E-state index is 13.3. The minimum Gasteiger partial charge on any atom is -0.454 e. The molecule has 0 spiro atoms. The molecule has 11 heteroatoms. The van der Waals surface area contributed by atoms with E-state index in [1.807, 2.05) is 30.3 Å². The number of hydrogen-bond donors (Lipinski definition) is 1. The van der Waals surface area contributed by atoms with Gasteiger partial charge in [0, 0.05) is 12.6 Å². The number of aromatic nitrogens is 4. The van der Waals surface area contributed by atoms with Crippen LogP contribution in [0, 0.1) is 6.92 Å². The Labute approximate surface area is 186 Å². The smallest absolute Gasteiger partial charge is 0.332 e. The second-order valence-corrected chi connectivity index (χ2v) is 7.48. The SMILES string of the molecule is Cc1noc(Cn2c(=O)c3cc4c(cc3n(CC(=O)NCc3ccccc3)c2=O)OCO4)n1. The Hall–Kier alpha value is -4.41. The van der Waals surface area contributed by atoms with E-state index in [1.54, 1.807) is 6.92 Å². The summed E-state index contributed by atoms with van der Waals surface area (Å²) in [4.78, 5) is 43.3. The van der Waals surface area contributed by atoms with Gasteiger partial charge in [0.1, 0.15) is 13.1 Å². The van der Waals surface area contributed by atoms with E-state index < -0.39 is 17.2 Å². The van der Waals surface area contributed by atoms with Gasteiger partial charge in [-0.25, -0.2) is 4.79 Å². The Morgan fingerprint density at radius 3 is 2.58 bits per heavy atom. The summed E-state index contributed by atoms with van der Waals surface area (Å²) in [5.74, 6) is 0.872. The largest absolute Gasteiger partial charge is 0.454 e. The first-order chi connectivity index (χ1) is 16.0. The van der Waals surface area contributed by atoms with Crippen LogP contribution in [0.25, 0.3) is 10.9 Å². The number of ether oxygens (including phenoxy) is 2. The number of rotatable bonds is 6. The summed E-state index contributed by atoms with van der Waals surface area (Å²) in [6.07, 6.45) is 0. The summed E-state index contributed by atoms with van der Waals surface area (Å²) in [7, 11) is 0. The molecule has 4 aromatic rings. The van der Waals surface area contributed by atoms with Gasteiger partial charge in [-0.05, 0) is 18.6 Å². The predicted octanol–water partition coefficient (Wildman–Crippen LogP) is 0.948. The highest BCUT2D eigenvalue weighted by molar-refractivity contribution is 5.84. The third kappa shape index (κ3) is 3.95. The molecule has 33 heavy (non-hydrogen) atoms.